The number of hydrogen-bond acceptors (Lipinski definition) is 6. The number of rotatable bonds is 6. The molecular weight excluding hydrogens is 377 g/mol. The second kappa shape index (κ2) is 8.07. The van der Waals surface area contributed by atoms with Gasteiger partial charge in [0.15, 0.2) is 12.3 Å². The van der Waals surface area contributed by atoms with E-state index in [-0.39, 0.29) is 30.5 Å². The molecule has 0 unspecified atom stereocenters. The molecule has 7 nitrogen and oxygen atoms in total. The van der Waals surface area contributed by atoms with Gasteiger partial charge in [0.25, 0.3) is 5.91 Å². The first kappa shape index (κ1) is 19.3. The topological polar surface area (TPSA) is 90.1 Å². The smallest absolute Gasteiger partial charge is 0.416 e. The molecule has 3 rings (SSSR count). The van der Waals surface area contributed by atoms with Gasteiger partial charge in [-0.2, -0.15) is 13.2 Å². The molecule has 28 heavy (non-hydrogen) atoms. The summed E-state index contributed by atoms with van der Waals surface area (Å²) in [6.45, 7) is 1.74. The van der Waals surface area contributed by atoms with Gasteiger partial charge in [0.05, 0.1) is 29.7 Å². The average molecular weight is 392 g/mol. The first-order valence-electron chi connectivity index (χ1n) is 8.11. The molecule has 0 aliphatic carbocycles. The fraction of sp³-hybridized carbons (Fsp3) is 0.222. The number of aryl methyl sites for hydroxylation is 1. The number of halogens is 3. The minimum Gasteiger partial charge on any atom is -0.484 e. The van der Waals surface area contributed by atoms with Crippen LogP contribution in [-0.2, 0) is 19.3 Å². The van der Waals surface area contributed by atoms with E-state index in [1.807, 2.05) is 0 Å². The van der Waals surface area contributed by atoms with Crippen LogP contribution in [-0.4, -0.2) is 20.9 Å². The van der Waals surface area contributed by atoms with Crippen molar-refractivity contribution >= 4 is 5.91 Å². The van der Waals surface area contributed by atoms with Crippen LogP contribution in [0.1, 0.15) is 33.3 Å². The number of nitrogens with one attached hydrogen (secondary N) is 1. The Morgan fingerprint density at radius 3 is 2.79 bits per heavy atom. The molecule has 10 heteroatoms. The highest BCUT2D eigenvalue weighted by Gasteiger charge is 2.30. The summed E-state index contributed by atoms with van der Waals surface area (Å²) in [5.74, 6) is -0.425. The fourth-order valence-electron chi connectivity index (χ4n) is 2.16. The predicted molar refractivity (Wildman–Crippen MR) is 90.2 cm³/mol. The summed E-state index contributed by atoms with van der Waals surface area (Å²) < 4.78 is 48.5. The largest absolute Gasteiger partial charge is 0.484 e. The minimum atomic E-state index is -4.46. The van der Waals surface area contributed by atoms with Crippen molar-refractivity contribution in [1.29, 1.82) is 0 Å². The molecule has 0 saturated carbocycles. The van der Waals surface area contributed by atoms with Gasteiger partial charge in [-0.05, 0) is 25.1 Å². The van der Waals surface area contributed by atoms with Crippen molar-refractivity contribution in [2.45, 2.75) is 26.3 Å². The molecule has 2 aromatic heterocycles. The molecule has 3 aromatic rings. The second-order valence-electron chi connectivity index (χ2n) is 5.77. The van der Waals surface area contributed by atoms with Crippen molar-refractivity contribution in [2.24, 2.45) is 0 Å². The Labute approximate surface area is 157 Å². The third-order valence-corrected chi connectivity index (χ3v) is 3.57. The fourth-order valence-corrected chi connectivity index (χ4v) is 2.16. The Bertz CT molecular complexity index is 955. The highest BCUT2D eigenvalue weighted by Crippen LogP contribution is 2.31. The number of alkyl halides is 3. The summed E-state index contributed by atoms with van der Waals surface area (Å²) >= 11 is 0. The van der Waals surface area contributed by atoms with Gasteiger partial charge in [-0.3, -0.25) is 14.8 Å². The summed E-state index contributed by atoms with van der Waals surface area (Å²) in [6.07, 6.45) is -0.191. The van der Waals surface area contributed by atoms with Crippen molar-refractivity contribution in [3.8, 4) is 5.75 Å². The van der Waals surface area contributed by atoms with E-state index in [0.717, 1.165) is 24.1 Å². The van der Waals surface area contributed by atoms with Crippen LogP contribution in [0.25, 0.3) is 0 Å². The van der Waals surface area contributed by atoms with Crippen molar-refractivity contribution < 1.29 is 27.1 Å². The van der Waals surface area contributed by atoms with E-state index in [4.69, 9.17) is 9.15 Å². The number of amides is 1. The lowest BCUT2D eigenvalue weighted by Gasteiger charge is -2.09. The van der Waals surface area contributed by atoms with Crippen molar-refractivity contribution in [3.05, 3.63) is 71.5 Å². The molecule has 0 aliphatic heterocycles. The van der Waals surface area contributed by atoms with Gasteiger partial charge in [0.1, 0.15) is 12.0 Å². The maximum atomic E-state index is 12.7. The number of carbonyl (C=O) groups is 1. The highest BCUT2D eigenvalue weighted by atomic mass is 19.4. The SMILES string of the molecule is Cc1cnc(CNC(=O)c2coc(COc3cccc(C(F)(F)F)c3)n2)cn1. The first-order valence-corrected chi connectivity index (χ1v) is 8.11. The summed E-state index contributed by atoms with van der Waals surface area (Å²) in [7, 11) is 0. The van der Waals surface area contributed by atoms with Crippen LogP contribution in [0.5, 0.6) is 5.75 Å². The molecule has 0 radical (unpaired) electrons. The number of ether oxygens (including phenoxy) is 1. The lowest BCUT2D eigenvalue weighted by Crippen LogP contribution is -2.23. The van der Waals surface area contributed by atoms with Crippen LogP contribution in [0.3, 0.4) is 0 Å². The Morgan fingerprint density at radius 2 is 2.07 bits per heavy atom. The zero-order valence-corrected chi connectivity index (χ0v) is 14.7. The summed E-state index contributed by atoms with van der Waals surface area (Å²) in [6, 6.07) is 4.44. The van der Waals surface area contributed by atoms with E-state index >= 15 is 0 Å². The summed E-state index contributed by atoms with van der Waals surface area (Å²) in [4.78, 5) is 24.2. The highest BCUT2D eigenvalue weighted by molar-refractivity contribution is 5.91. The van der Waals surface area contributed by atoms with Crippen LogP contribution in [0, 0.1) is 6.92 Å². The lowest BCUT2D eigenvalue weighted by atomic mass is 10.2. The van der Waals surface area contributed by atoms with Gasteiger partial charge in [0.2, 0.25) is 5.89 Å². The number of carbonyl (C=O) groups excluding carboxylic acids is 1. The molecule has 0 saturated heterocycles. The van der Waals surface area contributed by atoms with E-state index < -0.39 is 17.6 Å². The van der Waals surface area contributed by atoms with E-state index in [2.05, 4.69) is 20.3 Å². The zero-order chi connectivity index (χ0) is 20.1. The van der Waals surface area contributed by atoms with Gasteiger partial charge in [-0.1, -0.05) is 6.07 Å². The summed E-state index contributed by atoms with van der Waals surface area (Å²) in [5, 5.41) is 2.62. The third kappa shape index (κ3) is 5.06. The standard InChI is InChI=1S/C18H15F3N4O3/c1-11-6-23-13(7-22-11)8-24-17(26)15-9-28-16(25-15)10-27-14-4-2-3-12(5-14)18(19,20)21/h2-7,9H,8,10H2,1H3,(H,24,26). The number of benzene rings is 1. The van der Waals surface area contributed by atoms with Crippen LogP contribution in [0.4, 0.5) is 13.2 Å². The van der Waals surface area contributed by atoms with Crippen LogP contribution in [0.15, 0.2) is 47.3 Å². The molecule has 146 valence electrons. The molecule has 0 atom stereocenters. The molecule has 2 heterocycles. The zero-order valence-electron chi connectivity index (χ0n) is 14.7. The van der Waals surface area contributed by atoms with E-state index in [1.165, 1.54) is 12.1 Å². The molecule has 0 fully saturated rings. The van der Waals surface area contributed by atoms with Crippen LogP contribution >= 0.6 is 0 Å². The first-order chi connectivity index (χ1) is 13.3. The molecule has 0 spiro atoms. The van der Waals surface area contributed by atoms with Gasteiger partial charge in [-0.25, -0.2) is 4.98 Å². The lowest BCUT2D eigenvalue weighted by molar-refractivity contribution is -0.137. The Hall–Kier alpha value is -3.43. The van der Waals surface area contributed by atoms with Crippen molar-refractivity contribution in [3.63, 3.8) is 0 Å². The molecule has 1 aromatic carbocycles. The quantitative estimate of drug-likeness (QED) is 0.692. The number of nitrogens with zero attached hydrogens (tertiary/aromatic N) is 3. The van der Waals surface area contributed by atoms with Gasteiger partial charge in [-0.15, -0.1) is 0 Å². The average Bonchev–Trinajstić information content (AvgIpc) is 3.14. The Morgan fingerprint density at radius 1 is 1.25 bits per heavy atom. The van der Waals surface area contributed by atoms with Gasteiger partial charge in [0, 0.05) is 6.20 Å². The molecule has 0 bridgehead atoms. The maximum absolute atomic E-state index is 12.7. The van der Waals surface area contributed by atoms with Crippen LogP contribution < -0.4 is 10.1 Å². The number of aromatic nitrogens is 3. The second-order valence-corrected chi connectivity index (χ2v) is 5.77. The molecular formula is C18H15F3N4O3. The predicted octanol–water partition coefficient (Wildman–Crippen LogP) is 3.30. The molecule has 1 N–H and O–H groups in total. The summed E-state index contributed by atoms with van der Waals surface area (Å²) in [5.41, 5.74) is 0.534. The van der Waals surface area contributed by atoms with Gasteiger partial charge >= 0.3 is 6.18 Å². The third-order valence-electron chi connectivity index (χ3n) is 3.57. The van der Waals surface area contributed by atoms with E-state index in [0.29, 0.717) is 5.69 Å². The van der Waals surface area contributed by atoms with E-state index in [1.54, 1.807) is 19.3 Å². The van der Waals surface area contributed by atoms with Gasteiger partial charge < -0.3 is 14.5 Å². The monoisotopic (exact) mass is 392 g/mol. The normalized spacial score (nSPS) is 11.3. The minimum absolute atomic E-state index is 0.0111. The Balaban J connectivity index is 1.55. The molecule has 1 amide bonds. The van der Waals surface area contributed by atoms with Crippen molar-refractivity contribution in [1.82, 2.24) is 20.3 Å². The molecule has 0 aliphatic rings. The van der Waals surface area contributed by atoms with E-state index in [9.17, 15) is 18.0 Å². The number of oxazole rings is 1. The Kier molecular flexibility index (Phi) is 5.57. The van der Waals surface area contributed by atoms with Crippen LogP contribution in [0.2, 0.25) is 0 Å². The maximum Gasteiger partial charge on any atom is 0.416 e. The van der Waals surface area contributed by atoms with Crippen molar-refractivity contribution in [2.75, 3.05) is 0 Å². The number of hydrogen-bond donors (Lipinski definition) is 1.